The predicted molar refractivity (Wildman–Crippen MR) is 263 cm³/mol. The molecule has 1 unspecified atom stereocenters. The fourth-order valence-electron chi connectivity index (χ4n) is 4.96. The second-order valence-electron chi connectivity index (χ2n) is 14.1. The zero-order valence-electron chi connectivity index (χ0n) is 41.7. The maximum Gasteiger partial charge on any atom is 0.242 e. The van der Waals surface area contributed by atoms with E-state index in [2.05, 4.69) is 153 Å². The summed E-state index contributed by atoms with van der Waals surface area (Å²) in [5.74, 6) is -0.283. The van der Waals surface area contributed by atoms with Crippen molar-refractivity contribution in [2.75, 3.05) is 26.2 Å². The summed E-state index contributed by atoms with van der Waals surface area (Å²) < 4.78 is 0. The van der Waals surface area contributed by atoms with Crippen molar-refractivity contribution < 1.29 is 9.59 Å². The van der Waals surface area contributed by atoms with E-state index in [-0.39, 0.29) is 18.4 Å². The van der Waals surface area contributed by atoms with Gasteiger partial charge in [-0.1, -0.05) is 202 Å². The van der Waals surface area contributed by atoms with Crippen molar-refractivity contribution in [1.82, 2.24) is 21.3 Å². The number of allylic oxidation sites excluding steroid dienone is 1. The van der Waals surface area contributed by atoms with Crippen LogP contribution in [-0.4, -0.2) is 44.0 Å². The highest BCUT2D eigenvalue weighted by Crippen LogP contribution is 2.13. The summed E-state index contributed by atoms with van der Waals surface area (Å²) in [5.41, 5.74) is 7.87. The highest BCUT2D eigenvalue weighted by Gasteiger charge is 2.18. The minimum absolute atomic E-state index is 0.114. The van der Waals surface area contributed by atoms with Crippen LogP contribution >= 0.6 is 0 Å². The molecule has 0 radical (unpaired) electrons. The average Bonchev–Trinajstić information content (AvgIpc) is 3.24. The summed E-state index contributed by atoms with van der Waals surface area (Å²) >= 11 is 0. The molecule has 0 fully saturated rings. The van der Waals surface area contributed by atoms with Crippen LogP contribution in [0.1, 0.15) is 202 Å². The van der Waals surface area contributed by atoms with E-state index in [0.29, 0.717) is 19.5 Å². The molecule has 2 rings (SSSR count). The van der Waals surface area contributed by atoms with Gasteiger partial charge < -0.3 is 21.3 Å². The summed E-state index contributed by atoms with van der Waals surface area (Å²) in [7, 11) is 0. The first-order chi connectivity index (χ1) is 28.0. The van der Waals surface area contributed by atoms with Crippen LogP contribution < -0.4 is 21.3 Å². The molecule has 340 valence electrons. The molecule has 6 heteroatoms. The third-order valence-corrected chi connectivity index (χ3v) is 8.41. The topological polar surface area (TPSA) is 82.3 Å². The predicted octanol–water partition coefficient (Wildman–Crippen LogP) is 13.9. The number of hydrogen-bond acceptors (Lipinski definition) is 4. The lowest BCUT2D eigenvalue weighted by atomic mass is 9.99. The minimum Gasteiger partial charge on any atom is -0.379 e. The standard InChI is InChI=1S/C26H44N4O2.C9H12.C6H14.C4H10.C3H8.2C2H6/c1-5-12-21-14-9-10-15-22(21)16-11-18-28-26(32)24(8-4)30-25(31)20-29-23(13-6-2)19-27-17-7-3;1-7-4-5-8(2)9(3)6-7;1-3-5-6-4-2;1-3-4-2;1-3-2;2*1-2/h9-10,13-15,24,27,29H,5-8,11-12,16-20H2,1-4H3,(H,28,32)(H,30,31);4-6H,1-3H3;3-6H2,1-2H3;3-4H2,1-2H3;3H2,1-2H3;2*1-2H3. The van der Waals surface area contributed by atoms with Crippen LogP contribution in [0.4, 0.5) is 0 Å². The van der Waals surface area contributed by atoms with Crippen LogP contribution in [0.3, 0.4) is 0 Å². The number of unbranched alkanes of at least 4 members (excludes halogenated alkanes) is 4. The maximum atomic E-state index is 12.5. The van der Waals surface area contributed by atoms with Gasteiger partial charge in [0.15, 0.2) is 0 Å². The first-order valence-corrected chi connectivity index (χ1v) is 23.8. The molecule has 0 aromatic heterocycles. The number of carbonyl (C=O) groups is 2. The quantitative estimate of drug-likeness (QED) is 0.0946. The molecule has 1 atom stereocenters. The lowest BCUT2D eigenvalue weighted by Gasteiger charge is -2.18. The van der Waals surface area contributed by atoms with E-state index in [1.54, 1.807) is 0 Å². The number of carbonyl (C=O) groups excluding carboxylic acids is 2. The molecule has 0 saturated carbocycles. The lowest BCUT2D eigenvalue weighted by molar-refractivity contribution is -0.128. The molecule has 0 heterocycles. The van der Waals surface area contributed by atoms with Gasteiger partial charge in [0, 0.05) is 18.8 Å². The van der Waals surface area contributed by atoms with Crippen molar-refractivity contribution in [3.63, 3.8) is 0 Å². The monoisotopic (exact) mass is 813 g/mol. The summed E-state index contributed by atoms with van der Waals surface area (Å²) in [4.78, 5) is 24.9. The van der Waals surface area contributed by atoms with Gasteiger partial charge in [0.25, 0.3) is 0 Å². The number of aryl methyl sites for hydroxylation is 5. The number of rotatable bonds is 21. The third kappa shape index (κ3) is 42.5. The Bertz CT molecular complexity index is 1170. The van der Waals surface area contributed by atoms with Crippen LogP contribution in [0.5, 0.6) is 0 Å². The van der Waals surface area contributed by atoms with Crippen LogP contribution in [-0.2, 0) is 22.4 Å². The molecule has 4 N–H and O–H groups in total. The third-order valence-electron chi connectivity index (χ3n) is 8.41. The van der Waals surface area contributed by atoms with E-state index >= 15 is 0 Å². The first kappa shape index (κ1) is 64.0. The van der Waals surface area contributed by atoms with Crippen molar-refractivity contribution in [2.45, 2.75) is 214 Å². The fourth-order valence-corrected chi connectivity index (χ4v) is 4.96. The van der Waals surface area contributed by atoms with E-state index in [9.17, 15) is 9.59 Å². The minimum atomic E-state index is -0.506. The zero-order chi connectivity index (χ0) is 45.4. The average molecular weight is 813 g/mol. The van der Waals surface area contributed by atoms with E-state index in [0.717, 1.165) is 50.8 Å². The van der Waals surface area contributed by atoms with Crippen LogP contribution in [0.2, 0.25) is 0 Å². The smallest absolute Gasteiger partial charge is 0.242 e. The normalized spacial score (nSPS) is 10.3. The van der Waals surface area contributed by atoms with Gasteiger partial charge in [-0.15, -0.1) is 0 Å². The highest BCUT2D eigenvalue weighted by atomic mass is 16.2. The Balaban J connectivity index is -0.000000289. The summed E-state index contributed by atoms with van der Waals surface area (Å²) in [6, 6.07) is 14.5. The fraction of sp³-hybridized carbons (Fsp3) is 0.692. The van der Waals surface area contributed by atoms with E-state index < -0.39 is 6.04 Å². The van der Waals surface area contributed by atoms with Gasteiger partial charge in [0.1, 0.15) is 6.04 Å². The number of amides is 2. The lowest BCUT2D eigenvalue weighted by Crippen LogP contribution is -2.49. The van der Waals surface area contributed by atoms with Gasteiger partial charge >= 0.3 is 0 Å². The number of nitrogens with one attached hydrogen (secondary N) is 4. The molecule has 6 nitrogen and oxygen atoms in total. The molecule has 0 spiro atoms. The molecular weight excluding hydrogens is 713 g/mol. The van der Waals surface area contributed by atoms with Gasteiger partial charge in [-0.25, -0.2) is 0 Å². The Morgan fingerprint density at radius 2 is 1.16 bits per heavy atom. The Hall–Kier alpha value is -3.12. The molecule has 2 aromatic carbocycles. The second kappa shape index (κ2) is 51.9. The molecular formula is C52H100N4O2. The van der Waals surface area contributed by atoms with Crippen LogP contribution in [0.25, 0.3) is 0 Å². The molecule has 0 aliphatic rings. The Labute approximate surface area is 363 Å². The van der Waals surface area contributed by atoms with Gasteiger partial charge in [0.05, 0.1) is 6.54 Å². The highest BCUT2D eigenvalue weighted by molar-refractivity contribution is 5.88. The second-order valence-corrected chi connectivity index (χ2v) is 14.1. The van der Waals surface area contributed by atoms with Crippen LogP contribution in [0.15, 0.2) is 54.2 Å². The van der Waals surface area contributed by atoms with Crippen molar-refractivity contribution in [1.29, 1.82) is 0 Å². The van der Waals surface area contributed by atoms with Gasteiger partial charge in [-0.05, 0) is 88.1 Å². The molecule has 2 aromatic rings. The van der Waals surface area contributed by atoms with Crippen molar-refractivity contribution in [3.8, 4) is 0 Å². The molecule has 0 aliphatic heterocycles. The van der Waals surface area contributed by atoms with Gasteiger partial charge in [-0.2, -0.15) is 0 Å². The Morgan fingerprint density at radius 1 is 0.603 bits per heavy atom. The van der Waals surface area contributed by atoms with E-state index in [1.165, 1.54) is 72.8 Å². The Morgan fingerprint density at radius 3 is 1.59 bits per heavy atom. The summed E-state index contributed by atoms with van der Waals surface area (Å²) in [5, 5.41) is 12.4. The molecule has 0 bridgehead atoms. The molecule has 0 saturated heterocycles. The van der Waals surface area contributed by atoms with Crippen LogP contribution in [0, 0.1) is 20.8 Å². The maximum absolute atomic E-state index is 12.5. The van der Waals surface area contributed by atoms with Gasteiger partial charge in [-0.3, -0.25) is 9.59 Å². The first-order valence-electron chi connectivity index (χ1n) is 23.8. The van der Waals surface area contributed by atoms with E-state index in [1.807, 2.05) is 34.6 Å². The molecule has 0 aliphatic carbocycles. The largest absolute Gasteiger partial charge is 0.379 e. The summed E-state index contributed by atoms with van der Waals surface area (Å²) in [6.07, 6.45) is 18.1. The molecule has 2 amide bonds. The van der Waals surface area contributed by atoms with E-state index in [4.69, 9.17) is 0 Å². The SMILES string of the molecule is CC.CC.CCC.CCC=C(CNCCC)NCC(=O)NC(CC)C(=O)NCCCc1ccccc1CCC.CCCC.CCCCCC.Cc1ccc(C)c(C)c1. The summed E-state index contributed by atoms with van der Waals surface area (Å²) in [6.45, 7) is 38.2. The molecule has 58 heavy (non-hydrogen) atoms. The van der Waals surface area contributed by atoms with Gasteiger partial charge in [0.2, 0.25) is 11.8 Å². The van der Waals surface area contributed by atoms with Crippen molar-refractivity contribution in [2.24, 2.45) is 0 Å². The van der Waals surface area contributed by atoms with Crippen molar-refractivity contribution >= 4 is 11.8 Å². The number of hydrogen-bond donors (Lipinski definition) is 4. The Kier molecular flexibility index (Phi) is 57.3. The van der Waals surface area contributed by atoms with Crippen molar-refractivity contribution in [3.05, 3.63) is 82.1 Å². The zero-order valence-corrected chi connectivity index (χ0v) is 41.7. The number of benzene rings is 2.